The number of benzene rings is 1. The van der Waals surface area contributed by atoms with E-state index < -0.39 is 0 Å². The van der Waals surface area contributed by atoms with Crippen LogP contribution in [0.15, 0.2) is 29.1 Å². The molecule has 98 valence electrons. The molecule has 1 saturated carbocycles. The van der Waals surface area contributed by atoms with Gasteiger partial charge in [0.05, 0.1) is 17.4 Å². The number of fused-ring (bicyclic) bond motifs is 1. The van der Waals surface area contributed by atoms with Crippen molar-refractivity contribution in [3.05, 3.63) is 34.6 Å². The van der Waals surface area contributed by atoms with Gasteiger partial charge >= 0.3 is 0 Å². The molecule has 1 aliphatic rings. The summed E-state index contributed by atoms with van der Waals surface area (Å²) >= 11 is 0. The lowest BCUT2D eigenvalue weighted by atomic mass is 10.2. The molecular weight excluding hydrogens is 244 g/mol. The first-order valence-corrected chi connectivity index (χ1v) is 6.25. The minimum atomic E-state index is -0.212. The molecule has 3 rings (SSSR count). The van der Waals surface area contributed by atoms with Crippen molar-refractivity contribution in [2.75, 3.05) is 11.9 Å². The molecular formula is C13H14N4O2. The highest BCUT2D eigenvalue weighted by atomic mass is 16.2. The first-order valence-electron chi connectivity index (χ1n) is 6.25. The molecule has 6 heteroatoms. The van der Waals surface area contributed by atoms with E-state index in [0.717, 1.165) is 12.8 Å². The van der Waals surface area contributed by atoms with Crippen LogP contribution in [0.2, 0.25) is 0 Å². The van der Waals surface area contributed by atoms with Gasteiger partial charge in [-0.1, -0.05) is 12.1 Å². The topological polar surface area (TPSA) is 86.9 Å². The molecule has 1 heterocycles. The maximum atomic E-state index is 11.8. The highest BCUT2D eigenvalue weighted by Crippen LogP contribution is 2.18. The zero-order chi connectivity index (χ0) is 13.2. The molecule has 3 N–H and O–H groups in total. The summed E-state index contributed by atoms with van der Waals surface area (Å²) in [7, 11) is 0. The second-order valence-corrected chi connectivity index (χ2v) is 4.63. The number of rotatable bonds is 4. The minimum Gasteiger partial charge on any atom is -0.352 e. The SMILES string of the molecule is O=C(CNc1nc2ccccc2c(=O)[nH]1)NC1CC1. The van der Waals surface area contributed by atoms with Crippen molar-refractivity contribution in [2.45, 2.75) is 18.9 Å². The Bertz CT molecular complexity index is 676. The van der Waals surface area contributed by atoms with E-state index in [1.165, 1.54) is 0 Å². The van der Waals surface area contributed by atoms with Crippen LogP contribution in [-0.4, -0.2) is 28.5 Å². The molecule has 0 bridgehead atoms. The summed E-state index contributed by atoms with van der Waals surface area (Å²) in [5.41, 5.74) is 0.395. The molecule has 1 aromatic carbocycles. The van der Waals surface area contributed by atoms with Crippen molar-refractivity contribution >= 4 is 22.8 Å². The van der Waals surface area contributed by atoms with Crippen LogP contribution in [-0.2, 0) is 4.79 Å². The van der Waals surface area contributed by atoms with Gasteiger partial charge in [0.1, 0.15) is 0 Å². The average molecular weight is 258 g/mol. The van der Waals surface area contributed by atoms with Crippen molar-refractivity contribution < 1.29 is 4.79 Å². The predicted molar refractivity (Wildman–Crippen MR) is 72.0 cm³/mol. The first kappa shape index (κ1) is 11.7. The number of amides is 1. The highest BCUT2D eigenvalue weighted by molar-refractivity contribution is 5.82. The number of aromatic nitrogens is 2. The lowest BCUT2D eigenvalue weighted by Crippen LogP contribution is -2.32. The predicted octanol–water partition coefficient (Wildman–Crippen LogP) is 0.614. The summed E-state index contributed by atoms with van der Waals surface area (Å²) < 4.78 is 0. The molecule has 1 aliphatic carbocycles. The molecule has 0 radical (unpaired) electrons. The third-order valence-electron chi connectivity index (χ3n) is 2.97. The van der Waals surface area contributed by atoms with Crippen LogP contribution in [0.4, 0.5) is 5.95 Å². The van der Waals surface area contributed by atoms with Crippen molar-refractivity contribution in [1.82, 2.24) is 15.3 Å². The second-order valence-electron chi connectivity index (χ2n) is 4.63. The molecule has 0 atom stereocenters. The van der Waals surface area contributed by atoms with E-state index in [9.17, 15) is 9.59 Å². The number of carbonyl (C=O) groups excluding carboxylic acids is 1. The summed E-state index contributed by atoms with van der Waals surface area (Å²) in [6.07, 6.45) is 2.10. The smallest absolute Gasteiger partial charge is 0.260 e. The summed E-state index contributed by atoms with van der Waals surface area (Å²) in [6, 6.07) is 7.41. The summed E-state index contributed by atoms with van der Waals surface area (Å²) in [5.74, 6) is 0.230. The van der Waals surface area contributed by atoms with E-state index in [4.69, 9.17) is 0 Å². The van der Waals surface area contributed by atoms with E-state index in [1.807, 2.05) is 6.07 Å². The maximum absolute atomic E-state index is 11.8. The van der Waals surface area contributed by atoms with Crippen LogP contribution in [0.5, 0.6) is 0 Å². The molecule has 0 unspecified atom stereocenters. The maximum Gasteiger partial charge on any atom is 0.260 e. The van der Waals surface area contributed by atoms with Gasteiger partial charge in [-0.05, 0) is 25.0 Å². The van der Waals surface area contributed by atoms with Crippen LogP contribution in [0, 0.1) is 0 Å². The summed E-state index contributed by atoms with van der Waals surface area (Å²) in [5, 5.41) is 6.22. The zero-order valence-electron chi connectivity index (χ0n) is 10.3. The number of para-hydroxylation sites is 1. The molecule has 1 amide bonds. The Kier molecular flexibility index (Phi) is 2.91. The molecule has 1 aromatic heterocycles. The van der Waals surface area contributed by atoms with E-state index in [0.29, 0.717) is 22.9 Å². The minimum absolute atomic E-state index is 0.0849. The van der Waals surface area contributed by atoms with Gasteiger partial charge in [0.2, 0.25) is 11.9 Å². The number of aromatic amines is 1. The van der Waals surface area contributed by atoms with Crippen molar-refractivity contribution in [3.63, 3.8) is 0 Å². The van der Waals surface area contributed by atoms with Crippen LogP contribution in [0.3, 0.4) is 0 Å². The molecule has 19 heavy (non-hydrogen) atoms. The summed E-state index contributed by atoms with van der Waals surface area (Å²) in [6.45, 7) is 0.109. The monoisotopic (exact) mass is 258 g/mol. The number of hydrogen-bond donors (Lipinski definition) is 3. The molecule has 2 aromatic rings. The van der Waals surface area contributed by atoms with Crippen molar-refractivity contribution in [2.24, 2.45) is 0 Å². The van der Waals surface area contributed by atoms with Crippen LogP contribution >= 0.6 is 0 Å². The Labute approximate surface area is 109 Å². The number of H-pyrrole nitrogens is 1. The largest absolute Gasteiger partial charge is 0.352 e. The van der Waals surface area contributed by atoms with Crippen LogP contribution < -0.4 is 16.2 Å². The molecule has 0 aliphatic heterocycles. The Hall–Kier alpha value is -2.37. The second kappa shape index (κ2) is 4.72. The fraction of sp³-hybridized carbons (Fsp3) is 0.308. The van der Waals surface area contributed by atoms with Gasteiger partial charge in [0.25, 0.3) is 5.56 Å². The van der Waals surface area contributed by atoms with Gasteiger partial charge in [-0.15, -0.1) is 0 Å². The van der Waals surface area contributed by atoms with Crippen molar-refractivity contribution in [1.29, 1.82) is 0 Å². The lowest BCUT2D eigenvalue weighted by Gasteiger charge is -2.06. The average Bonchev–Trinajstić information content (AvgIpc) is 3.20. The molecule has 0 saturated heterocycles. The number of nitrogens with one attached hydrogen (secondary N) is 3. The fourth-order valence-electron chi connectivity index (χ4n) is 1.84. The van der Waals surface area contributed by atoms with Gasteiger partial charge in [0.15, 0.2) is 0 Å². The summed E-state index contributed by atoms with van der Waals surface area (Å²) in [4.78, 5) is 30.2. The van der Waals surface area contributed by atoms with Gasteiger partial charge < -0.3 is 10.6 Å². The van der Waals surface area contributed by atoms with E-state index in [2.05, 4.69) is 20.6 Å². The third-order valence-corrected chi connectivity index (χ3v) is 2.97. The van der Waals surface area contributed by atoms with E-state index in [1.54, 1.807) is 18.2 Å². The normalized spacial score (nSPS) is 14.3. The fourth-order valence-corrected chi connectivity index (χ4v) is 1.84. The van der Waals surface area contributed by atoms with Gasteiger partial charge in [-0.2, -0.15) is 0 Å². The number of nitrogens with zero attached hydrogens (tertiary/aromatic N) is 1. The van der Waals surface area contributed by atoms with E-state index >= 15 is 0 Å². The van der Waals surface area contributed by atoms with Gasteiger partial charge in [-0.3, -0.25) is 14.6 Å². The first-order chi connectivity index (χ1) is 9.22. The zero-order valence-corrected chi connectivity index (χ0v) is 10.3. The Morgan fingerprint density at radius 3 is 2.95 bits per heavy atom. The van der Waals surface area contributed by atoms with Gasteiger partial charge in [-0.25, -0.2) is 4.98 Å². The van der Waals surface area contributed by atoms with Crippen molar-refractivity contribution in [3.8, 4) is 0 Å². The van der Waals surface area contributed by atoms with Crippen LogP contribution in [0.25, 0.3) is 10.9 Å². The standard InChI is InChI=1S/C13H14N4O2/c18-11(15-8-5-6-8)7-14-13-16-10-4-2-1-3-9(10)12(19)17-13/h1-4,8H,5-7H2,(H,15,18)(H2,14,16,17,19). The number of hydrogen-bond acceptors (Lipinski definition) is 4. The molecule has 6 nitrogen and oxygen atoms in total. The molecule has 0 spiro atoms. The third kappa shape index (κ3) is 2.73. The Morgan fingerprint density at radius 2 is 2.16 bits per heavy atom. The number of anilines is 1. The van der Waals surface area contributed by atoms with Crippen LogP contribution in [0.1, 0.15) is 12.8 Å². The highest BCUT2D eigenvalue weighted by Gasteiger charge is 2.22. The Balaban J connectivity index is 1.73. The van der Waals surface area contributed by atoms with Gasteiger partial charge in [0, 0.05) is 6.04 Å². The Morgan fingerprint density at radius 1 is 1.37 bits per heavy atom. The molecule has 1 fully saturated rings. The lowest BCUT2D eigenvalue weighted by molar-refractivity contribution is -0.119. The quantitative estimate of drug-likeness (QED) is 0.750. The van der Waals surface area contributed by atoms with E-state index in [-0.39, 0.29) is 18.0 Å². The number of carbonyl (C=O) groups is 1.